The van der Waals surface area contributed by atoms with Crippen molar-refractivity contribution in [3.05, 3.63) is 54.7 Å². The van der Waals surface area contributed by atoms with Crippen molar-refractivity contribution in [1.82, 2.24) is 24.7 Å². The molecular weight excluding hydrogens is 316 g/mol. The summed E-state index contributed by atoms with van der Waals surface area (Å²) in [6.07, 6.45) is 3.61. The van der Waals surface area contributed by atoms with E-state index < -0.39 is 0 Å². The predicted molar refractivity (Wildman–Crippen MR) is 86.9 cm³/mol. The Morgan fingerprint density at radius 3 is 2.74 bits per heavy atom. The normalized spacial score (nSPS) is 10.7. The fourth-order valence-electron chi connectivity index (χ4n) is 2.24. The van der Waals surface area contributed by atoms with E-state index in [-0.39, 0.29) is 19.0 Å². The van der Waals surface area contributed by atoms with Crippen LogP contribution < -0.4 is 5.73 Å². The molecule has 7 nitrogen and oxygen atoms in total. The number of hydrogen-bond acceptors (Lipinski definition) is 6. The van der Waals surface area contributed by atoms with Gasteiger partial charge in [0.05, 0.1) is 18.4 Å². The fourth-order valence-corrected chi connectivity index (χ4v) is 2.24. The molecule has 0 unspecified atom stereocenters. The summed E-state index contributed by atoms with van der Waals surface area (Å²) in [5.74, 6) is 0.932. The average Bonchev–Trinajstić information content (AvgIpc) is 3.21. The van der Waals surface area contributed by atoms with Gasteiger partial charge in [-0.25, -0.2) is 9.50 Å². The van der Waals surface area contributed by atoms with Crippen molar-refractivity contribution in [3.63, 3.8) is 0 Å². The average molecular weight is 329 g/mol. The molecule has 8 heteroatoms. The van der Waals surface area contributed by atoms with Gasteiger partial charge in [-0.3, -0.25) is 0 Å². The Morgan fingerprint density at radius 1 is 1.09 bits per heavy atom. The van der Waals surface area contributed by atoms with Crippen LogP contribution in [0.4, 0.5) is 0 Å². The van der Waals surface area contributed by atoms with Gasteiger partial charge in [0.2, 0.25) is 11.7 Å². The minimum Gasteiger partial charge on any atom is -0.338 e. The van der Waals surface area contributed by atoms with Crippen molar-refractivity contribution in [2.24, 2.45) is 5.73 Å². The van der Waals surface area contributed by atoms with E-state index in [4.69, 9.17) is 10.3 Å². The standard InChI is InChI=1S/C15H12N6O.ClH/c16-8-14-19-15(20-22-14)11-4-1-3-10(7-11)12-9-21-13(18-12)5-2-6-17-21;/h1-7,9H,8,16H2;1H. The highest BCUT2D eigenvalue weighted by atomic mass is 35.5. The molecule has 2 N–H and O–H groups in total. The molecule has 0 aliphatic carbocycles. The summed E-state index contributed by atoms with van der Waals surface area (Å²) < 4.78 is 6.78. The lowest BCUT2D eigenvalue weighted by atomic mass is 10.1. The van der Waals surface area contributed by atoms with E-state index in [9.17, 15) is 0 Å². The van der Waals surface area contributed by atoms with Crippen LogP contribution in [-0.4, -0.2) is 24.7 Å². The van der Waals surface area contributed by atoms with E-state index in [1.807, 2.05) is 42.6 Å². The lowest BCUT2D eigenvalue weighted by molar-refractivity contribution is 0.380. The first-order chi connectivity index (χ1) is 10.8. The first kappa shape index (κ1) is 15.1. The lowest BCUT2D eigenvalue weighted by Gasteiger charge is -1.98. The van der Waals surface area contributed by atoms with Gasteiger partial charge in [-0.2, -0.15) is 10.1 Å². The molecule has 0 atom stereocenters. The van der Waals surface area contributed by atoms with E-state index >= 15 is 0 Å². The number of nitrogens with zero attached hydrogens (tertiary/aromatic N) is 5. The molecule has 3 aromatic heterocycles. The van der Waals surface area contributed by atoms with Crippen LogP contribution in [0.1, 0.15) is 5.89 Å². The summed E-state index contributed by atoms with van der Waals surface area (Å²) in [6.45, 7) is 0.227. The molecule has 0 radical (unpaired) electrons. The van der Waals surface area contributed by atoms with Crippen LogP contribution >= 0.6 is 12.4 Å². The number of halogens is 1. The fraction of sp³-hybridized carbons (Fsp3) is 0.0667. The molecule has 0 amide bonds. The highest BCUT2D eigenvalue weighted by Crippen LogP contribution is 2.24. The molecule has 0 bridgehead atoms. The predicted octanol–water partition coefficient (Wildman–Crippen LogP) is 2.33. The van der Waals surface area contributed by atoms with E-state index in [2.05, 4.69) is 20.2 Å². The van der Waals surface area contributed by atoms with Crippen LogP contribution in [0.2, 0.25) is 0 Å². The van der Waals surface area contributed by atoms with E-state index in [1.165, 1.54) is 0 Å². The van der Waals surface area contributed by atoms with Crippen LogP contribution in [0.25, 0.3) is 28.3 Å². The van der Waals surface area contributed by atoms with Crippen molar-refractivity contribution in [3.8, 4) is 22.6 Å². The molecule has 4 aromatic rings. The van der Waals surface area contributed by atoms with Gasteiger partial charge in [0, 0.05) is 17.3 Å². The molecular formula is C15H13ClN6O. The summed E-state index contributed by atoms with van der Waals surface area (Å²) in [4.78, 5) is 8.79. The van der Waals surface area contributed by atoms with E-state index in [0.29, 0.717) is 11.7 Å². The van der Waals surface area contributed by atoms with Crippen LogP contribution in [0.15, 0.2) is 53.3 Å². The highest BCUT2D eigenvalue weighted by molar-refractivity contribution is 5.85. The van der Waals surface area contributed by atoms with Crippen LogP contribution in [0, 0.1) is 0 Å². The van der Waals surface area contributed by atoms with Crippen molar-refractivity contribution >= 4 is 18.1 Å². The minimum absolute atomic E-state index is 0. The number of aromatic nitrogens is 5. The van der Waals surface area contributed by atoms with Gasteiger partial charge in [0.25, 0.3) is 0 Å². The Bertz CT molecular complexity index is 915. The van der Waals surface area contributed by atoms with Gasteiger partial charge >= 0.3 is 0 Å². The van der Waals surface area contributed by atoms with Crippen LogP contribution in [-0.2, 0) is 6.54 Å². The quantitative estimate of drug-likeness (QED) is 0.620. The third-order valence-corrected chi connectivity index (χ3v) is 3.30. The number of rotatable bonds is 3. The second-order valence-electron chi connectivity index (χ2n) is 4.75. The molecule has 4 rings (SSSR count). The topological polar surface area (TPSA) is 95.1 Å². The van der Waals surface area contributed by atoms with Crippen molar-refractivity contribution in [1.29, 1.82) is 0 Å². The third-order valence-electron chi connectivity index (χ3n) is 3.30. The number of nitrogens with two attached hydrogens (primary N) is 1. The smallest absolute Gasteiger partial charge is 0.240 e. The molecule has 3 heterocycles. The Kier molecular flexibility index (Phi) is 4.05. The largest absolute Gasteiger partial charge is 0.338 e. The maximum absolute atomic E-state index is 5.49. The zero-order chi connectivity index (χ0) is 14.9. The molecule has 0 aliphatic heterocycles. The Balaban J connectivity index is 0.00000156. The number of imidazole rings is 1. The maximum Gasteiger partial charge on any atom is 0.240 e. The Hall–Kier alpha value is -2.77. The number of fused-ring (bicyclic) bond motifs is 1. The van der Waals surface area contributed by atoms with Crippen LogP contribution in [0.3, 0.4) is 0 Å². The molecule has 23 heavy (non-hydrogen) atoms. The van der Waals surface area contributed by atoms with Crippen molar-refractivity contribution in [2.75, 3.05) is 0 Å². The number of benzene rings is 1. The molecule has 0 spiro atoms. The van der Waals surface area contributed by atoms with Gasteiger partial charge in [0.1, 0.15) is 0 Å². The van der Waals surface area contributed by atoms with E-state index in [0.717, 1.165) is 22.5 Å². The van der Waals surface area contributed by atoms with Gasteiger partial charge in [-0.05, 0) is 18.2 Å². The summed E-state index contributed by atoms with van der Waals surface area (Å²) in [6, 6.07) is 11.6. The van der Waals surface area contributed by atoms with Gasteiger partial charge in [-0.1, -0.05) is 23.4 Å². The van der Waals surface area contributed by atoms with Crippen molar-refractivity contribution in [2.45, 2.75) is 6.54 Å². The Labute approximate surface area is 137 Å². The third kappa shape index (κ3) is 2.79. The minimum atomic E-state index is 0. The zero-order valence-electron chi connectivity index (χ0n) is 12.0. The number of hydrogen-bond donors (Lipinski definition) is 1. The maximum atomic E-state index is 5.49. The zero-order valence-corrected chi connectivity index (χ0v) is 12.8. The summed E-state index contributed by atoms with van der Waals surface area (Å²) in [5.41, 5.74) is 8.94. The van der Waals surface area contributed by atoms with Gasteiger partial charge in [0.15, 0.2) is 5.65 Å². The first-order valence-electron chi connectivity index (χ1n) is 6.77. The van der Waals surface area contributed by atoms with Gasteiger partial charge in [-0.15, -0.1) is 12.4 Å². The highest BCUT2D eigenvalue weighted by Gasteiger charge is 2.10. The summed E-state index contributed by atoms with van der Waals surface area (Å²) in [7, 11) is 0. The molecule has 0 fully saturated rings. The van der Waals surface area contributed by atoms with Crippen molar-refractivity contribution < 1.29 is 4.52 Å². The molecule has 0 saturated carbocycles. The van der Waals surface area contributed by atoms with Crippen LogP contribution in [0.5, 0.6) is 0 Å². The second kappa shape index (κ2) is 6.15. The lowest BCUT2D eigenvalue weighted by Crippen LogP contribution is -1.95. The molecule has 116 valence electrons. The Morgan fingerprint density at radius 2 is 1.96 bits per heavy atom. The SMILES string of the molecule is Cl.NCc1nc(-c2cccc(-c3cn4ncccc4n3)c2)no1. The van der Waals surface area contributed by atoms with Gasteiger partial charge < -0.3 is 10.3 Å². The summed E-state index contributed by atoms with van der Waals surface area (Å²) in [5, 5.41) is 8.15. The molecule has 1 aromatic carbocycles. The monoisotopic (exact) mass is 328 g/mol. The van der Waals surface area contributed by atoms with E-state index in [1.54, 1.807) is 10.7 Å². The second-order valence-corrected chi connectivity index (χ2v) is 4.75. The molecule has 0 aliphatic rings. The molecule has 0 saturated heterocycles. The first-order valence-corrected chi connectivity index (χ1v) is 6.77. The summed E-state index contributed by atoms with van der Waals surface area (Å²) >= 11 is 0.